The molecule has 1 N–H and O–H groups in total. The predicted molar refractivity (Wildman–Crippen MR) is 73.7 cm³/mol. The van der Waals surface area contributed by atoms with Gasteiger partial charge in [-0.05, 0) is 24.3 Å². The molecule has 2 aromatic heterocycles. The van der Waals surface area contributed by atoms with E-state index < -0.39 is 0 Å². The molecule has 2 heterocycles. The number of carbonyl (C=O) groups excluding carboxylic acids is 1. The van der Waals surface area contributed by atoms with E-state index in [9.17, 15) is 4.79 Å². The number of pyridine rings is 1. The second-order valence-corrected chi connectivity index (χ2v) is 4.86. The number of fused-ring (bicyclic) bond motifs is 1. The highest BCUT2D eigenvalue weighted by Crippen LogP contribution is 2.21. The molecule has 3 rings (SSSR count). The summed E-state index contributed by atoms with van der Waals surface area (Å²) >= 11 is 3.37. The fourth-order valence-corrected chi connectivity index (χ4v) is 2.33. The van der Waals surface area contributed by atoms with Crippen molar-refractivity contribution in [2.75, 3.05) is 0 Å². The molecule has 0 bridgehead atoms. The van der Waals surface area contributed by atoms with E-state index in [4.69, 9.17) is 0 Å². The normalized spacial score (nSPS) is 10.7. The first-order valence-electron chi connectivity index (χ1n) is 5.48. The van der Waals surface area contributed by atoms with Crippen molar-refractivity contribution < 1.29 is 4.79 Å². The molecule has 18 heavy (non-hydrogen) atoms. The van der Waals surface area contributed by atoms with E-state index in [-0.39, 0.29) is 5.78 Å². The molecule has 0 saturated heterocycles. The van der Waals surface area contributed by atoms with Crippen LogP contribution in [0.5, 0.6) is 0 Å². The molecule has 0 aliphatic heterocycles. The number of hydrogen-bond donors (Lipinski definition) is 1. The molecule has 0 spiro atoms. The lowest BCUT2D eigenvalue weighted by molar-refractivity contribution is 0.104. The molecule has 4 heteroatoms. The molecule has 0 saturated carbocycles. The van der Waals surface area contributed by atoms with Gasteiger partial charge in [0, 0.05) is 33.4 Å². The summed E-state index contributed by atoms with van der Waals surface area (Å²) < 4.78 is 0.895. The van der Waals surface area contributed by atoms with Gasteiger partial charge in [0.1, 0.15) is 5.65 Å². The highest BCUT2D eigenvalue weighted by atomic mass is 79.9. The van der Waals surface area contributed by atoms with Gasteiger partial charge in [-0.3, -0.25) is 4.79 Å². The van der Waals surface area contributed by atoms with Crippen LogP contribution in [0.15, 0.2) is 53.3 Å². The lowest BCUT2D eigenvalue weighted by atomic mass is 10.0. The van der Waals surface area contributed by atoms with E-state index in [0.29, 0.717) is 11.1 Å². The minimum absolute atomic E-state index is 0.00412. The maximum absolute atomic E-state index is 12.4. The Morgan fingerprint density at radius 1 is 1.22 bits per heavy atom. The first-order chi connectivity index (χ1) is 8.75. The summed E-state index contributed by atoms with van der Waals surface area (Å²) in [7, 11) is 0. The zero-order valence-electron chi connectivity index (χ0n) is 9.35. The minimum Gasteiger partial charge on any atom is -0.345 e. The fraction of sp³-hybridized carbons (Fsp3) is 0. The number of aromatic amines is 1. The highest BCUT2D eigenvalue weighted by molar-refractivity contribution is 9.10. The molecule has 0 atom stereocenters. The summed E-state index contributed by atoms with van der Waals surface area (Å²) in [6, 6.07) is 11.1. The number of carbonyl (C=O) groups is 1. The van der Waals surface area contributed by atoms with Crippen LogP contribution >= 0.6 is 15.9 Å². The SMILES string of the molecule is O=C(c1cccc(Br)c1)c1c[nH]c2ncccc12. The summed E-state index contributed by atoms with van der Waals surface area (Å²) in [5, 5.41) is 0.850. The molecule has 0 radical (unpaired) electrons. The molecule has 0 unspecified atom stereocenters. The third-order valence-electron chi connectivity index (χ3n) is 2.78. The van der Waals surface area contributed by atoms with Gasteiger partial charge in [-0.2, -0.15) is 0 Å². The van der Waals surface area contributed by atoms with Crippen molar-refractivity contribution in [1.82, 2.24) is 9.97 Å². The molecule has 3 nitrogen and oxygen atoms in total. The second kappa shape index (κ2) is 4.38. The Hall–Kier alpha value is -1.94. The van der Waals surface area contributed by atoms with Crippen LogP contribution in [0.2, 0.25) is 0 Å². The standard InChI is InChI=1S/C14H9BrN2O/c15-10-4-1-3-9(7-10)13(18)12-8-17-14-11(12)5-2-6-16-14/h1-8H,(H,16,17). The van der Waals surface area contributed by atoms with Crippen molar-refractivity contribution in [2.24, 2.45) is 0 Å². The third kappa shape index (κ3) is 1.84. The summed E-state index contributed by atoms with van der Waals surface area (Å²) in [6.07, 6.45) is 3.41. The largest absolute Gasteiger partial charge is 0.345 e. The van der Waals surface area contributed by atoms with Crippen molar-refractivity contribution in [3.63, 3.8) is 0 Å². The van der Waals surface area contributed by atoms with E-state index in [0.717, 1.165) is 15.5 Å². The summed E-state index contributed by atoms with van der Waals surface area (Å²) in [4.78, 5) is 19.6. The zero-order chi connectivity index (χ0) is 12.5. The molecule has 0 amide bonds. The average molecular weight is 301 g/mol. The van der Waals surface area contributed by atoms with Gasteiger partial charge in [0.05, 0.1) is 0 Å². The van der Waals surface area contributed by atoms with Gasteiger partial charge in [-0.25, -0.2) is 4.98 Å². The summed E-state index contributed by atoms with van der Waals surface area (Å²) in [6.45, 7) is 0. The third-order valence-corrected chi connectivity index (χ3v) is 3.28. The number of halogens is 1. The van der Waals surface area contributed by atoms with Crippen molar-refractivity contribution in [1.29, 1.82) is 0 Å². The number of nitrogens with one attached hydrogen (secondary N) is 1. The average Bonchev–Trinajstić information content (AvgIpc) is 2.82. The summed E-state index contributed by atoms with van der Waals surface area (Å²) in [5.74, 6) is -0.00412. The fourth-order valence-electron chi connectivity index (χ4n) is 1.93. The van der Waals surface area contributed by atoms with Crippen LogP contribution in [0.25, 0.3) is 11.0 Å². The second-order valence-electron chi connectivity index (χ2n) is 3.94. The maximum Gasteiger partial charge on any atom is 0.195 e. The van der Waals surface area contributed by atoms with Crippen molar-refractivity contribution >= 4 is 32.7 Å². The van der Waals surface area contributed by atoms with E-state index in [1.807, 2.05) is 36.4 Å². The van der Waals surface area contributed by atoms with Crippen LogP contribution in [0.4, 0.5) is 0 Å². The minimum atomic E-state index is -0.00412. The maximum atomic E-state index is 12.4. The molecule has 0 aliphatic rings. The molecule has 0 aliphatic carbocycles. The van der Waals surface area contributed by atoms with Crippen molar-refractivity contribution in [3.05, 3.63) is 64.4 Å². The Bertz CT molecular complexity index is 733. The predicted octanol–water partition coefficient (Wildman–Crippen LogP) is 3.56. The molecule has 1 aromatic carbocycles. The first-order valence-corrected chi connectivity index (χ1v) is 6.27. The van der Waals surface area contributed by atoms with Gasteiger partial charge < -0.3 is 4.98 Å². The van der Waals surface area contributed by atoms with Gasteiger partial charge in [-0.15, -0.1) is 0 Å². The number of benzene rings is 1. The Morgan fingerprint density at radius 2 is 2.11 bits per heavy atom. The number of rotatable bonds is 2. The molecular weight excluding hydrogens is 292 g/mol. The quantitative estimate of drug-likeness (QED) is 0.736. The van der Waals surface area contributed by atoms with Crippen LogP contribution in [-0.4, -0.2) is 15.8 Å². The van der Waals surface area contributed by atoms with Crippen LogP contribution in [0, 0.1) is 0 Å². The lowest BCUT2D eigenvalue weighted by Gasteiger charge is -2.00. The molecule has 0 fully saturated rings. The van der Waals surface area contributed by atoms with E-state index in [1.165, 1.54) is 0 Å². The van der Waals surface area contributed by atoms with Crippen LogP contribution < -0.4 is 0 Å². The van der Waals surface area contributed by atoms with E-state index >= 15 is 0 Å². The smallest absolute Gasteiger partial charge is 0.195 e. The zero-order valence-corrected chi connectivity index (χ0v) is 10.9. The Morgan fingerprint density at radius 3 is 2.94 bits per heavy atom. The van der Waals surface area contributed by atoms with Gasteiger partial charge in [0.25, 0.3) is 0 Å². The van der Waals surface area contributed by atoms with Gasteiger partial charge in [0.2, 0.25) is 0 Å². The Balaban J connectivity index is 2.12. The van der Waals surface area contributed by atoms with Crippen LogP contribution in [-0.2, 0) is 0 Å². The first kappa shape index (κ1) is 11.2. The van der Waals surface area contributed by atoms with Crippen LogP contribution in [0.3, 0.4) is 0 Å². The number of nitrogens with zero attached hydrogens (tertiary/aromatic N) is 1. The van der Waals surface area contributed by atoms with E-state index in [2.05, 4.69) is 25.9 Å². The highest BCUT2D eigenvalue weighted by Gasteiger charge is 2.14. The Kier molecular flexibility index (Phi) is 2.72. The molecule has 88 valence electrons. The van der Waals surface area contributed by atoms with Gasteiger partial charge in [0.15, 0.2) is 5.78 Å². The number of aromatic nitrogens is 2. The molecular formula is C14H9BrN2O. The van der Waals surface area contributed by atoms with Gasteiger partial charge in [-0.1, -0.05) is 28.1 Å². The molecule has 3 aromatic rings. The monoisotopic (exact) mass is 300 g/mol. The lowest BCUT2D eigenvalue weighted by Crippen LogP contribution is -2.00. The van der Waals surface area contributed by atoms with Crippen molar-refractivity contribution in [2.45, 2.75) is 0 Å². The topological polar surface area (TPSA) is 45.8 Å². The van der Waals surface area contributed by atoms with E-state index in [1.54, 1.807) is 12.4 Å². The number of hydrogen-bond acceptors (Lipinski definition) is 2. The number of ketones is 1. The van der Waals surface area contributed by atoms with Crippen molar-refractivity contribution in [3.8, 4) is 0 Å². The summed E-state index contributed by atoms with van der Waals surface area (Å²) in [5.41, 5.74) is 2.04. The number of H-pyrrole nitrogens is 1. The van der Waals surface area contributed by atoms with Crippen LogP contribution in [0.1, 0.15) is 15.9 Å². The Labute approximate surface area is 112 Å². The van der Waals surface area contributed by atoms with Gasteiger partial charge >= 0.3 is 0 Å².